The molecule has 0 fully saturated rings. The second-order valence-corrected chi connectivity index (χ2v) is 7.23. The lowest BCUT2D eigenvalue weighted by molar-refractivity contribution is 0.0651. The highest BCUT2D eigenvalue weighted by atomic mass is 16.2. The predicted octanol–water partition coefficient (Wildman–Crippen LogP) is 2.97. The Morgan fingerprint density at radius 1 is 1.38 bits per heavy atom. The van der Waals surface area contributed by atoms with Gasteiger partial charge in [-0.3, -0.25) is 9.78 Å². The van der Waals surface area contributed by atoms with Crippen LogP contribution in [0.1, 0.15) is 68.5 Å². The first-order valence-corrected chi connectivity index (χ1v) is 8.58. The van der Waals surface area contributed by atoms with E-state index in [1.165, 1.54) is 5.56 Å². The SMILES string of the molecule is CCN(C(=O)c1ncn(C(C)(C)C)n1)C1CCCc2cccnc21. The largest absolute Gasteiger partial charge is 0.328 e. The Bertz CT molecular complexity index is 731. The Labute approximate surface area is 142 Å². The molecule has 2 heterocycles. The van der Waals surface area contributed by atoms with Crippen LogP contribution < -0.4 is 0 Å². The summed E-state index contributed by atoms with van der Waals surface area (Å²) in [5.41, 5.74) is 2.07. The first-order chi connectivity index (χ1) is 11.4. The molecule has 24 heavy (non-hydrogen) atoms. The van der Waals surface area contributed by atoms with Crippen LogP contribution >= 0.6 is 0 Å². The summed E-state index contributed by atoms with van der Waals surface area (Å²) >= 11 is 0. The van der Waals surface area contributed by atoms with Gasteiger partial charge in [0.2, 0.25) is 5.82 Å². The molecule has 0 saturated heterocycles. The fourth-order valence-corrected chi connectivity index (χ4v) is 3.21. The minimum Gasteiger partial charge on any atom is -0.328 e. The molecule has 0 spiro atoms. The van der Waals surface area contributed by atoms with Gasteiger partial charge in [-0.2, -0.15) is 0 Å². The molecule has 1 amide bonds. The molecule has 1 aliphatic carbocycles. The van der Waals surface area contributed by atoms with Gasteiger partial charge in [-0.05, 0) is 58.6 Å². The highest BCUT2D eigenvalue weighted by Gasteiger charge is 2.32. The third kappa shape index (κ3) is 3.05. The van der Waals surface area contributed by atoms with E-state index >= 15 is 0 Å². The van der Waals surface area contributed by atoms with Crippen molar-refractivity contribution in [3.05, 3.63) is 41.7 Å². The van der Waals surface area contributed by atoms with Crippen LogP contribution in [0.3, 0.4) is 0 Å². The minimum atomic E-state index is -0.193. The summed E-state index contributed by atoms with van der Waals surface area (Å²) in [5.74, 6) is 0.138. The molecule has 0 radical (unpaired) electrons. The van der Waals surface area contributed by atoms with Gasteiger partial charge in [0.15, 0.2) is 0 Å². The molecular formula is C18H25N5O. The number of rotatable bonds is 3. The maximum atomic E-state index is 13.0. The number of aromatic nitrogens is 4. The number of amides is 1. The van der Waals surface area contributed by atoms with Gasteiger partial charge in [-0.15, -0.1) is 5.10 Å². The zero-order valence-electron chi connectivity index (χ0n) is 14.9. The first-order valence-electron chi connectivity index (χ1n) is 8.58. The van der Waals surface area contributed by atoms with Crippen molar-refractivity contribution in [1.82, 2.24) is 24.6 Å². The lowest BCUT2D eigenvalue weighted by Crippen LogP contribution is -2.37. The number of nitrogens with zero attached hydrogens (tertiary/aromatic N) is 5. The molecule has 1 atom stereocenters. The van der Waals surface area contributed by atoms with Gasteiger partial charge < -0.3 is 4.90 Å². The van der Waals surface area contributed by atoms with E-state index in [0.717, 1.165) is 25.0 Å². The molecule has 2 aromatic rings. The van der Waals surface area contributed by atoms with Gasteiger partial charge in [0.05, 0.1) is 17.3 Å². The Balaban J connectivity index is 1.90. The van der Waals surface area contributed by atoms with Crippen LogP contribution in [0.4, 0.5) is 0 Å². The van der Waals surface area contributed by atoms with E-state index in [4.69, 9.17) is 0 Å². The fraction of sp³-hybridized carbons (Fsp3) is 0.556. The second kappa shape index (κ2) is 6.34. The van der Waals surface area contributed by atoms with Gasteiger partial charge in [0, 0.05) is 12.7 Å². The van der Waals surface area contributed by atoms with Crippen molar-refractivity contribution < 1.29 is 4.79 Å². The fourth-order valence-electron chi connectivity index (χ4n) is 3.21. The number of carbonyl (C=O) groups excluding carboxylic acids is 1. The average Bonchev–Trinajstić information content (AvgIpc) is 3.06. The molecule has 3 rings (SSSR count). The number of aryl methyl sites for hydroxylation is 1. The molecule has 0 bridgehead atoms. The quantitative estimate of drug-likeness (QED) is 0.869. The third-order valence-corrected chi connectivity index (χ3v) is 4.51. The third-order valence-electron chi connectivity index (χ3n) is 4.51. The maximum Gasteiger partial charge on any atom is 0.294 e. The number of carbonyl (C=O) groups is 1. The Hall–Kier alpha value is -2.24. The smallest absolute Gasteiger partial charge is 0.294 e. The van der Waals surface area contributed by atoms with Crippen molar-refractivity contribution in [3.8, 4) is 0 Å². The summed E-state index contributed by atoms with van der Waals surface area (Å²) in [6.07, 6.45) is 6.47. The highest BCUT2D eigenvalue weighted by molar-refractivity contribution is 5.90. The summed E-state index contributed by atoms with van der Waals surface area (Å²) in [6.45, 7) is 8.72. The zero-order chi connectivity index (χ0) is 17.3. The number of hydrogen-bond donors (Lipinski definition) is 0. The summed E-state index contributed by atoms with van der Waals surface area (Å²) < 4.78 is 1.74. The van der Waals surface area contributed by atoms with Gasteiger partial charge in [0.25, 0.3) is 5.91 Å². The van der Waals surface area contributed by atoms with E-state index in [1.807, 2.05) is 44.9 Å². The van der Waals surface area contributed by atoms with E-state index in [1.54, 1.807) is 11.0 Å². The second-order valence-electron chi connectivity index (χ2n) is 7.23. The van der Waals surface area contributed by atoms with Crippen LogP contribution in [0.2, 0.25) is 0 Å². The summed E-state index contributed by atoms with van der Waals surface area (Å²) in [4.78, 5) is 23.6. The lowest BCUT2D eigenvalue weighted by Gasteiger charge is -2.33. The van der Waals surface area contributed by atoms with Crippen LogP contribution in [0.5, 0.6) is 0 Å². The average molecular weight is 327 g/mol. The van der Waals surface area contributed by atoms with Gasteiger partial charge >= 0.3 is 0 Å². The Morgan fingerprint density at radius 2 is 2.17 bits per heavy atom. The Kier molecular flexibility index (Phi) is 4.39. The van der Waals surface area contributed by atoms with E-state index in [9.17, 15) is 4.79 Å². The summed E-state index contributed by atoms with van der Waals surface area (Å²) in [6, 6.07) is 4.08. The molecule has 2 aromatic heterocycles. The molecule has 0 N–H and O–H groups in total. The van der Waals surface area contributed by atoms with Crippen molar-refractivity contribution in [3.63, 3.8) is 0 Å². The highest BCUT2D eigenvalue weighted by Crippen LogP contribution is 2.33. The minimum absolute atomic E-state index is 0.00837. The van der Waals surface area contributed by atoms with Crippen molar-refractivity contribution in [2.75, 3.05) is 6.54 Å². The van der Waals surface area contributed by atoms with Crippen molar-refractivity contribution >= 4 is 5.91 Å². The van der Waals surface area contributed by atoms with Crippen molar-refractivity contribution in [1.29, 1.82) is 0 Å². The van der Waals surface area contributed by atoms with E-state index in [2.05, 4.69) is 21.1 Å². The summed E-state index contributed by atoms with van der Waals surface area (Å²) in [7, 11) is 0. The lowest BCUT2D eigenvalue weighted by atomic mass is 9.90. The molecule has 0 aromatic carbocycles. The van der Waals surface area contributed by atoms with Gasteiger partial charge in [-0.25, -0.2) is 9.67 Å². The van der Waals surface area contributed by atoms with E-state index in [-0.39, 0.29) is 23.3 Å². The van der Waals surface area contributed by atoms with Crippen LogP contribution in [0.15, 0.2) is 24.7 Å². The molecule has 6 heteroatoms. The normalized spacial score (nSPS) is 17.4. The predicted molar refractivity (Wildman–Crippen MR) is 91.6 cm³/mol. The number of hydrogen-bond acceptors (Lipinski definition) is 4. The van der Waals surface area contributed by atoms with Gasteiger partial charge in [0.1, 0.15) is 6.33 Å². The topological polar surface area (TPSA) is 63.9 Å². The summed E-state index contributed by atoms with van der Waals surface area (Å²) in [5, 5.41) is 4.40. The van der Waals surface area contributed by atoms with Crippen LogP contribution in [-0.2, 0) is 12.0 Å². The molecular weight excluding hydrogens is 302 g/mol. The standard InChI is InChI=1S/C18H25N5O/c1-5-22(14-10-6-8-13-9-7-11-19-15(13)14)17(24)16-20-12-23(21-16)18(2,3)4/h7,9,11-12,14H,5-6,8,10H2,1-4H3. The molecule has 6 nitrogen and oxygen atoms in total. The Morgan fingerprint density at radius 3 is 2.83 bits per heavy atom. The molecule has 1 unspecified atom stereocenters. The molecule has 0 saturated carbocycles. The van der Waals surface area contributed by atoms with Crippen molar-refractivity contribution in [2.45, 2.75) is 58.5 Å². The molecule has 1 aliphatic rings. The molecule has 128 valence electrons. The number of fused-ring (bicyclic) bond motifs is 1. The monoisotopic (exact) mass is 327 g/mol. The van der Waals surface area contributed by atoms with Crippen LogP contribution in [0.25, 0.3) is 0 Å². The van der Waals surface area contributed by atoms with Crippen LogP contribution in [-0.4, -0.2) is 37.1 Å². The van der Waals surface area contributed by atoms with Gasteiger partial charge in [-0.1, -0.05) is 6.07 Å². The zero-order valence-corrected chi connectivity index (χ0v) is 14.9. The van der Waals surface area contributed by atoms with Crippen LogP contribution in [0, 0.1) is 0 Å². The number of pyridine rings is 1. The van der Waals surface area contributed by atoms with E-state index < -0.39 is 0 Å². The van der Waals surface area contributed by atoms with Crippen molar-refractivity contribution in [2.24, 2.45) is 0 Å². The maximum absolute atomic E-state index is 13.0. The molecule has 0 aliphatic heterocycles. The first kappa shape index (κ1) is 16.6. The van der Waals surface area contributed by atoms with E-state index in [0.29, 0.717) is 6.54 Å².